The molecule has 1 nitrogen and oxygen atoms in total. The molecule has 0 fully saturated rings. The lowest BCUT2D eigenvalue weighted by Gasteiger charge is -2.18. The Morgan fingerprint density at radius 3 is 1.67 bits per heavy atom. The van der Waals surface area contributed by atoms with Crippen LogP contribution in [0.4, 0.5) is 0 Å². The molecule has 0 atom stereocenters. The van der Waals surface area contributed by atoms with Gasteiger partial charge in [-0.3, -0.25) is 0 Å². The van der Waals surface area contributed by atoms with Crippen molar-refractivity contribution in [3.63, 3.8) is 0 Å². The Labute approximate surface area is 147 Å². The Morgan fingerprint density at radius 2 is 1.25 bits per heavy atom. The largest absolute Gasteiger partial charge is 0.386 e. The topological polar surface area (TPSA) is 20.2 Å². The molecular weight excluding hydrogens is 292 g/mol. The lowest BCUT2D eigenvalue weighted by molar-refractivity contribution is 0.0786. The first-order chi connectivity index (χ1) is 11.4. The van der Waals surface area contributed by atoms with E-state index in [1.54, 1.807) is 0 Å². The van der Waals surface area contributed by atoms with Gasteiger partial charge in [-0.1, -0.05) is 88.1 Å². The van der Waals surface area contributed by atoms with E-state index in [4.69, 9.17) is 0 Å². The van der Waals surface area contributed by atoms with Gasteiger partial charge in [-0.05, 0) is 48.4 Å². The zero-order valence-corrected chi connectivity index (χ0v) is 15.7. The molecule has 0 unspecified atom stereocenters. The molecule has 24 heavy (non-hydrogen) atoms. The van der Waals surface area contributed by atoms with Crippen LogP contribution in [0, 0.1) is 5.92 Å². The summed E-state index contributed by atoms with van der Waals surface area (Å²) in [5.74, 6) is 0.817. The number of rotatable bonds is 8. The van der Waals surface area contributed by atoms with Crippen molar-refractivity contribution in [3.05, 3.63) is 59.7 Å². The molecule has 1 heteroatoms. The summed E-state index contributed by atoms with van der Waals surface area (Å²) < 4.78 is 0. The highest BCUT2D eigenvalue weighted by molar-refractivity contribution is 5.64. The van der Waals surface area contributed by atoms with Gasteiger partial charge in [0.05, 0.1) is 5.60 Å². The molecule has 0 radical (unpaired) electrons. The van der Waals surface area contributed by atoms with Gasteiger partial charge in [-0.15, -0.1) is 0 Å². The van der Waals surface area contributed by atoms with Crippen molar-refractivity contribution in [2.75, 3.05) is 0 Å². The summed E-state index contributed by atoms with van der Waals surface area (Å²) in [5.41, 5.74) is 4.05. The number of hydrogen-bond acceptors (Lipinski definition) is 1. The Kier molecular flexibility index (Phi) is 6.62. The van der Waals surface area contributed by atoms with Gasteiger partial charge >= 0.3 is 0 Å². The van der Waals surface area contributed by atoms with E-state index in [0.29, 0.717) is 0 Å². The Morgan fingerprint density at radius 1 is 0.792 bits per heavy atom. The summed E-state index contributed by atoms with van der Waals surface area (Å²) in [6.07, 6.45) is 6.40. The van der Waals surface area contributed by atoms with E-state index in [-0.39, 0.29) is 0 Å². The molecule has 2 rings (SSSR count). The zero-order chi connectivity index (χ0) is 17.6. The minimum Gasteiger partial charge on any atom is -0.386 e. The monoisotopic (exact) mass is 324 g/mol. The van der Waals surface area contributed by atoms with Crippen LogP contribution in [0.2, 0.25) is 0 Å². The lowest BCUT2D eigenvalue weighted by atomic mass is 9.90. The molecule has 0 aliphatic carbocycles. The quantitative estimate of drug-likeness (QED) is 0.600. The molecule has 0 spiro atoms. The van der Waals surface area contributed by atoms with Crippen molar-refractivity contribution in [2.24, 2.45) is 5.92 Å². The van der Waals surface area contributed by atoms with E-state index in [2.05, 4.69) is 50.2 Å². The number of benzene rings is 2. The highest BCUT2D eigenvalue weighted by Gasteiger charge is 2.15. The van der Waals surface area contributed by atoms with Crippen molar-refractivity contribution in [3.8, 4) is 11.1 Å². The average Bonchev–Trinajstić information content (AvgIpc) is 2.55. The summed E-state index contributed by atoms with van der Waals surface area (Å²) in [6, 6.07) is 17.2. The highest BCUT2D eigenvalue weighted by atomic mass is 16.3. The van der Waals surface area contributed by atoms with Crippen molar-refractivity contribution in [1.82, 2.24) is 0 Å². The van der Waals surface area contributed by atoms with E-state index in [1.807, 2.05) is 26.0 Å². The molecule has 0 aliphatic rings. The third-order valence-electron chi connectivity index (χ3n) is 4.80. The van der Waals surface area contributed by atoms with Crippen LogP contribution in [0.3, 0.4) is 0 Å². The Bertz CT molecular complexity index is 596. The van der Waals surface area contributed by atoms with Gasteiger partial charge in [-0.25, -0.2) is 0 Å². The van der Waals surface area contributed by atoms with E-state index < -0.39 is 5.60 Å². The summed E-state index contributed by atoms with van der Waals surface area (Å²) in [6.45, 7) is 8.20. The SMILES string of the molecule is CCCC(CCC)Cc1ccc(-c2ccc(C(C)(C)O)cc2)cc1. The maximum atomic E-state index is 10.1. The van der Waals surface area contributed by atoms with Crippen LogP contribution in [0.25, 0.3) is 11.1 Å². The summed E-state index contributed by atoms with van der Waals surface area (Å²) in [5, 5.41) is 10.1. The van der Waals surface area contributed by atoms with Crippen LogP contribution in [-0.2, 0) is 12.0 Å². The normalized spacial score (nSPS) is 11.9. The molecule has 0 heterocycles. The Hall–Kier alpha value is -1.60. The molecular formula is C23H32O. The lowest BCUT2D eigenvalue weighted by Crippen LogP contribution is -2.14. The standard InChI is InChI=1S/C23H32O/c1-5-7-18(8-6-2)17-19-9-11-20(12-10-19)21-13-15-22(16-14-21)23(3,4)24/h9-16,18,24H,5-8,17H2,1-4H3. The third kappa shape index (κ3) is 5.21. The Balaban J connectivity index is 2.08. The molecule has 0 amide bonds. The molecule has 2 aromatic carbocycles. The summed E-state index contributed by atoms with van der Waals surface area (Å²) in [7, 11) is 0. The first kappa shape index (κ1) is 18.7. The van der Waals surface area contributed by atoms with E-state index >= 15 is 0 Å². The fourth-order valence-corrected chi connectivity index (χ4v) is 3.40. The first-order valence-corrected chi connectivity index (χ1v) is 9.36. The van der Waals surface area contributed by atoms with Gasteiger partial charge in [0.15, 0.2) is 0 Å². The first-order valence-electron chi connectivity index (χ1n) is 9.36. The van der Waals surface area contributed by atoms with Gasteiger partial charge in [0.2, 0.25) is 0 Å². The second kappa shape index (κ2) is 8.48. The van der Waals surface area contributed by atoms with Crippen LogP contribution in [0.5, 0.6) is 0 Å². The average molecular weight is 325 g/mol. The molecule has 1 N–H and O–H groups in total. The maximum Gasteiger partial charge on any atom is 0.0840 e. The van der Waals surface area contributed by atoms with Gasteiger partial charge in [-0.2, -0.15) is 0 Å². The summed E-state index contributed by atoms with van der Waals surface area (Å²) >= 11 is 0. The van der Waals surface area contributed by atoms with Gasteiger partial charge in [0.1, 0.15) is 0 Å². The van der Waals surface area contributed by atoms with Crippen LogP contribution in [-0.4, -0.2) is 5.11 Å². The summed E-state index contributed by atoms with van der Waals surface area (Å²) in [4.78, 5) is 0. The number of aliphatic hydroxyl groups is 1. The van der Waals surface area contributed by atoms with Gasteiger partial charge in [0, 0.05) is 0 Å². The molecule has 0 saturated carbocycles. The fourth-order valence-electron chi connectivity index (χ4n) is 3.40. The molecule has 0 aliphatic heterocycles. The predicted molar refractivity (Wildman–Crippen MR) is 104 cm³/mol. The fraction of sp³-hybridized carbons (Fsp3) is 0.478. The zero-order valence-electron chi connectivity index (χ0n) is 15.7. The molecule has 130 valence electrons. The van der Waals surface area contributed by atoms with E-state index in [9.17, 15) is 5.11 Å². The predicted octanol–water partition coefficient (Wildman–Crippen LogP) is 6.34. The highest BCUT2D eigenvalue weighted by Crippen LogP contribution is 2.26. The van der Waals surface area contributed by atoms with Crippen molar-refractivity contribution in [2.45, 2.75) is 65.4 Å². The third-order valence-corrected chi connectivity index (χ3v) is 4.80. The van der Waals surface area contributed by atoms with E-state index in [1.165, 1.54) is 48.8 Å². The van der Waals surface area contributed by atoms with Crippen LogP contribution in [0.1, 0.15) is 64.5 Å². The molecule has 0 saturated heterocycles. The van der Waals surface area contributed by atoms with Crippen molar-refractivity contribution < 1.29 is 5.11 Å². The molecule has 0 aromatic heterocycles. The van der Waals surface area contributed by atoms with E-state index in [0.717, 1.165) is 11.5 Å². The second-order valence-corrected chi connectivity index (χ2v) is 7.48. The van der Waals surface area contributed by atoms with Crippen LogP contribution < -0.4 is 0 Å². The van der Waals surface area contributed by atoms with Crippen molar-refractivity contribution >= 4 is 0 Å². The van der Waals surface area contributed by atoms with Gasteiger partial charge < -0.3 is 5.11 Å². The van der Waals surface area contributed by atoms with Crippen LogP contribution >= 0.6 is 0 Å². The van der Waals surface area contributed by atoms with Gasteiger partial charge in [0.25, 0.3) is 0 Å². The number of hydrogen-bond donors (Lipinski definition) is 1. The smallest absolute Gasteiger partial charge is 0.0840 e. The minimum atomic E-state index is -0.782. The molecule has 0 bridgehead atoms. The van der Waals surface area contributed by atoms with Crippen molar-refractivity contribution in [1.29, 1.82) is 0 Å². The second-order valence-electron chi connectivity index (χ2n) is 7.48. The van der Waals surface area contributed by atoms with Crippen LogP contribution in [0.15, 0.2) is 48.5 Å². The molecule has 2 aromatic rings. The maximum absolute atomic E-state index is 10.1. The minimum absolute atomic E-state index is 0.782.